The molecule has 1 aromatic heterocycles. The van der Waals surface area contributed by atoms with Gasteiger partial charge in [-0.15, -0.1) is 0 Å². The van der Waals surface area contributed by atoms with Crippen LogP contribution in [0.2, 0.25) is 0 Å². The van der Waals surface area contributed by atoms with E-state index in [0.717, 1.165) is 25.9 Å². The van der Waals surface area contributed by atoms with Crippen molar-refractivity contribution in [1.82, 2.24) is 9.97 Å². The number of rotatable bonds is 7. The number of nitro groups is 1. The Hall–Kier alpha value is -1.96. The molecule has 1 unspecified atom stereocenters. The summed E-state index contributed by atoms with van der Waals surface area (Å²) in [6, 6.07) is 0. The summed E-state index contributed by atoms with van der Waals surface area (Å²) in [5.41, 5.74) is -0.223. The second-order valence-electron chi connectivity index (χ2n) is 4.50. The molecule has 1 N–H and O–H groups in total. The summed E-state index contributed by atoms with van der Waals surface area (Å²) in [5.74, 6) is 0.174. The van der Waals surface area contributed by atoms with Crippen LogP contribution in [0, 0.1) is 10.1 Å². The monoisotopic (exact) mass is 282 g/mol. The number of nitrogens with zero attached hydrogens (tertiary/aromatic N) is 3. The molecule has 0 aromatic carbocycles. The highest BCUT2D eigenvalue weighted by molar-refractivity contribution is 5.61. The second kappa shape index (κ2) is 6.99. The number of hydrogen-bond donors (Lipinski definition) is 1. The molecule has 1 fully saturated rings. The molecule has 2 rings (SSSR count). The van der Waals surface area contributed by atoms with E-state index in [1.54, 1.807) is 0 Å². The third kappa shape index (κ3) is 3.53. The molecule has 1 aliphatic rings. The zero-order valence-electron chi connectivity index (χ0n) is 11.4. The quantitative estimate of drug-likeness (QED) is 0.600. The molecular formula is C12H18N4O4. The van der Waals surface area contributed by atoms with Gasteiger partial charge in [-0.3, -0.25) is 10.1 Å². The first kappa shape index (κ1) is 14.4. The van der Waals surface area contributed by atoms with Crippen molar-refractivity contribution in [3.05, 3.63) is 16.4 Å². The molecule has 0 radical (unpaired) electrons. The summed E-state index contributed by atoms with van der Waals surface area (Å²) in [4.78, 5) is 18.4. The fourth-order valence-corrected chi connectivity index (χ4v) is 1.98. The molecule has 8 nitrogen and oxygen atoms in total. The van der Waals surface area contributed by atoms with E-state index in [4.69, 9.17) is 9.47 Å². The van der Waals surface area contributed by atoms with Crippen LogP contribution in [-0.2, 0) is 4.74 Å². The van der Waals surface area contributed by atoms with Crippen molar-refractivity contribution in [3.63, 3.8) is 0 Å². The Bertz CT molecular complexity index is 463. The van der Waals surface area contributed by atoms with Crippen molar-refractivity contribution in [1.29, 1.82) is 0 Å². The molecule has 110 valence electrons. The van der Waals surface area contributed by atoms with E-state index in [1.807, 2.05) is 6.92 Å². The Kier molecular flexibility index (Phi) is 5.05. The largest absolute Gasteiger partial charge is 0.473 e. The lowest BCUT2D eigenvalue weighted by Crippen LogP contribution is -2.20. The average molecular weight is 282 g/mol. The fourth-order valence-electron chi connectivity index (χ4n) is 1.98. The highest BCUT2D eigenvalue weighted by Crippen LogP contribution is 2.31. The summed E-state index contributed by atoms with van der Waals surface area (Å²) in [6.07, 6.45) is 4.05. The number of anilines is 1. The number of ether oxygens (including phenoxy) is 2. The van der Waals surface area contributed by atoms with E-state index in [1.165, 1.54) is 6.33 Å². The lowest BCUT2D eigenvalue weighted by atomic mass is 10.2. The minimum absolute atomic E-state index is 0.00157. The highest BCUT2D eigenvalue weighted by atomic mass is 16.6. The van der Waals surface area contributed by atoms with E-state index in [2.05, 4.69) is 15.3 Å². The van der Waals surface area contributed by atoms with E-state index in [-0.39, 0.29) is 23.5 Å². The van der Waals surface area contributed by atoms with Crippen molar-refractivity contribution in [3.8, 4) is 5.88 Å². The zero-order chi connectivity index (χ0) is 14.4. The molecule has 8 heteroatoms. The Morgan fingerprint density at radius 2 is 2.45 bits per heavy atom. The Morgan fingerprint density at radius 3 is 3.10 bits per heavy atom. The molecule has 2 heterocycles. The van der Waals surface area contributed by atoms with Gasteiger partial charge in [0.25, 0.3) is 5.88 Å². The van der Waals surface area contributed by atoms with Crippen molar-refractivity contribution >= 4 is 11.5 Å². The van der Waals surface area contributed by atoms with Crippen LogP contribution in [0.25, 0.3) is 0 Å². The normalized spacial score (nSPS) is 17.9. The molecule has 1 aliphatic heterocycles. The first-order valence-electron chi connectivity index (χ1n) is 6.70. The van der Waals surface area contributed by atoms with Gasteiger partial charge >= 0.3 is 5.69 Å². The predicted octanol–water partition coefficient (Wildman–Crippen LogP) is 1.76. The van der Waals surface area contributed by atoms with E-state index < -0.39 is 4.92 Å². The van der Waals surface area contributed by atoms with E-state index in [0.29, 0.717) is 13.2 Å². The molecule has 0 saturated carbocycles. The van der Waals surface area contributed by atoms with Crippen molar-refractivity contribution in [2.75, 3.05) is 25.1 Å². The maximum atomic E-state index is 11.2. The van der Waals surface area contributed by atoms with Crippen molar-refractivity contribution in [2.45, 2.75) is 32.3 Å². The van der Waals surface area contributed by atoms with Crippen LogP contribution in [0.15, 0.2) is 6.33 Å². The van der Waals surface area contributed by atoms with Crippen molar-refractivity contribution in [2.24, 2.45) is 0 Å². The molecule has 0 spiro atoms. The number of hydrogen-bond acceptors (Lipinski definition) is 7. The first-order valence-corrected chi connectivity index (χ1v) is 6.70. The van der Waals surface area contributed by atoms with E-state index in [9.17, 15) is 10.1 Å². The van der Waals surface area contributed by atoms with Gasteiger partial charge in [-0.2, -0.15) is 4.98 Å². The maximum absolute atomic E-state index is 11.2. The summed E-state index contributed by atoms with van der Waals surface area (Å²) < 4.78 is 10.8. The van der Waals surface area contributed by atoms with Gasteiger partial charge in [-0.25, -0.2) is 4.98 Å². The third-order valence-electron chi connectivity index (χ3n) is 2.94. The molecule has 1 aromatic rings. The summed E-state index contributed by atoms with van der Waals surface area (Å²) in [7, 11) is 0. The van der Waals surface area contributed by atoms with Crippen LogP contribution in [0.3, 0.4) is 0 Å². The van der Waals surface area contributed by atoms with Gasteiger partial charge < -0.3 is 14.8 Å². The van der Waals surface area contributed by atoms with Crippen LogP contribution in [0.4, 0.5) is 11.5 Å². The summed E-state index contributed by atoms with van der Waals surface area (Å²) in [5, 5.41) is 14.1. The number of nitrogens with one attached hydrogen (secondary N) is 1. The molecule has 1 saturated heterocycles. The topological polar surface area (TPSA) is 99.4 Å². The Labute approximate surface area is 116 Å². The third-order valence-corrected chi connectivity index (χ3v) is 2.94. The van der Waals surface area contributed by atoms with Crippen LogP contribution in [0.1, 0.15) is 26.2 Å². The van der Waals surface area contributed by atoms with E-state index >= 15 is 0 Å². The SMILES string of the molecule is CCCOc1ncnc(NCC2CCCO2)c1[N+](=O)[O-]. The lowest BCUT2D eigenvalue weighted by Gasteiger charge is -2.12. The predicted molar refractivity (Wildman–Crippen MR) is 71.9 cm³/mol. The molecular weight excluding hydrogens is 264 g/mol. The second-order valence-corrected chi connectivity index (χ2v) is 4.50. The Morgan fingerprint density at radius 1 is 1.60 bits per heavy atom. The van der Waals surface area contributed by atoms with Crippen LogP contribution >= 0.6 is 0 Å². The fraction of sp³-hybridized carbons (Fsp3) is 0.667. The summed E-state index contributed by atoms with van der Waals surface area (Å²) >= 11 is 0. The molecule has 20 heavy (non-hydrogen) atoms. The maximum Gasteiger partial charge on any atom is 0.372 e. The molecule has 0 aliphatic carbocycles. The van der Waals surface area contributed by atoms with Gasteiger partial charge in [-0.05, 0) is 19.3 Å². The highest BCUT2D eigenvalue weighted by Gasteiger charge is 2.25. The summed E-state index contributed by atoms with van der Waals surface area (Å²) in [6.45, 7) is 3.53. The van der Waals surface area contributed by atoms with Crippen LogP contribution in [0.5, 0.6) is 5.88 Å². The van der Waals surface area contributed by atoms with Gasteiger partial charge in [-0.1, -0.05) is 6.92 Å². The van der Waals surface area contributed by atoms with Crippen LogP contribution in [-0.4, -0.2) is 40.8 Å². The smallest absolute Gasteiger partial charge is 0.372 e. The van der Waals surface area contributed by atoms with Crippen molar-refractivity contribution < 1.29 is 14.4 Å². The number of aromatic nitrogens is 2. The molecule has 0 amide bonds. The van der Waals surface area contributed by atoms with Gasteiger partial charge in [0.05, 0.1) is 17.6 Å². The van der Waals surface area contributed by atoms with Crippen LogP contribution < -0.4 is 10.1 Å². The lowest BCUT2D eigenvalue weighted by molar-refractivity contribution is -0.385. The molecule has 0 bridgehead atoms. The standard InChI is InChI=1S/C12H18N4O4/c1-2-5-20-12-10(16(17)18)11(14-8-15-12)13-7-9-4-3-6-19-9/h8-9H,2-7H2,1H3,(H,13,14,15). The minimum Gasteiger partial charge on any atom is -0.473 e. The zero-order valence-corrected chi connectivity index (χ0v) is 11.4. The first-order chi connectivity index (χ1) is 9.72. The average Bonchev–Trinajstić information content (AvgIpc) is 2.95. The Balaban J connectivity index is 2.11. The van der Waals surface area contributed by atoms with Gasteiger partial charge in [0.15, 0.2) is 0 Å². The molecule has 1 atom stereocenters. The van der Waals surface area contributed by atoms with Gasteiger partial charge in [0.2, 0.25) is 5.82 Å². The van der Waals surface area contributed by atoms with Gasteiger partial charge in [0.1, 0.15) is 6.33 Å². The van der Waals surface area contributed by atoms with Gasteiger partial charge in [0, 0.05) is 13.2 Å². The minimum atomic E-state index is -0.525.